The van der Waals surface area contributed by atoms with Gasteiger partial charge in [-0.3, -0.25) is 0 Å². The second kappa shape index (κ2) is 5.98. The minimum atomic E-state index is -0.167. The first-order valence-corrected chi connectivity index (χ1v) is 7.71. The van der Waals surface area contributed by atoms with Gasteiger partial charge in [-0.25, -0.2) is 4.39 Å². The zero-order chi connectivity index (χ0) is 14.8. The number of rotatable bonds is 5. The minimum Gasteiger partial charge on any atom is -0.303 e. The van der Waals surface area contributed by atoms with Crippen molar-refractivity contribution >= 4 is 0 Å². The third-order valence-corrected chi connectivity index (χ3v) is 4.33. The van der Waals surface area contributed by atoms with E-state index in [2.05, 4.69) is 43.4 Å². The Balaban J connectivity index is 1.76. The molecular weight excluding hydrogens is 261 g/mol. The van der Waals surface area contributed by atoms with Gasteiger partial charge in [0.1, 0.15) is 5.82 Å². The van der Waals surface area contributed by atoms with Gasteiger partial charge in [0.05, 0.1) is 0 Å². The standard InChI is InChI=1S/C19H22FN/c1-13-3-5-15(6-4-13)14(2)21-19(16-7-8-16)17-9-11-18(20)12-10-17/h3-6,9-12,14,16,19,21H,7-8H2,1-2H3/t14-,19?/m0/s1. The van der Waals surface area contributed by atoms with Crippen LogP contribution in [-0.4, -0.2) is 0 Å². The molecule has 0 radical (unpaired) electrons. The molecule has 1 fully saturated rings. The van der Waals surface area contributed by atoms with Gasteiger partial charge < -0.3 is 5.32 Å². The van der Waals surface area contributed by atoms with Gasteiger partial charge >= 0.3 is 0 Å². The molecule has 0 aromatic heterocycles. The van der Waals surface area contributed by atoms with Crippen LogP contribution in [0, 0.1) is 18.7 Å². The van der Waals surface area contributed by atoms with Crippen LogP contribution in [0.4, 0.5) is 4.39 Å². The molecule has 1 aliphatic carbocycles. The van der Waals surface area contributed by atoms with Crippen molar-refractivity contribution in [1.82, 2.24) is 5.32 Å². The summed E-state index contributed by atoms with van der Waals surface area (Å²) in [7, 11) is 0. The highest BCUT2D eigenvalue weighted by Gasteiger charge is 2.33. The van der Waals surface area contributed by atoms with Crippen LogP contribution in [0.1, 0.15) is 48.5 Å². The van der Waals surface area contributed by atoms with Gasteiger partial charge in [-0.15, -0.1) is 0 Å². The molecule has 0 spiro atoms. The predicted octanol–water partition coefficient (Wildman–Crippen LogP) is 4.94. The van der Waals surface area contributed by atoms with Gasteiger partial charge in [0.25, 0.3) is 0 Å². The zero-order valence-electron chi connectivity index (χ0n) is 12.6. The smallest absolute Gasteiger partial charge is 0.123 e. The summed E-state index contributed by atoms with van der Waals surface area (Å²) in [4.78, 5) is 0. The molecule has 1 aliphatic rings. The molecule has 1 saturated carbocycles. The highest BCUT2D eigenvalue weighted by atomic mass is 19.1. The fourth-order valence-corrected chi connectivity index (χ4v) is 2.82. The van der Waals surface area contributed by atoms with E-state index in [-0.39, 0.29) is 5.82 Å². The largest absolute Gasteiger partial charge is 0.303 e. The Labute approximate surface area is 126 Å². The maximum atomic E-state index is 13.1. The lowest BCUT2D eigenvalue weighted by molar-refractivity contribution is 0.427. The molecule has 0 aliphatic heterocycles. The zero-order valence-corrected chi connectivity index (χ0v) is 12.6. The fourth-order valence-electron chi connectivity index (χ4n) is 2.82. The summed E-state index contributed by atoms with van der Waals surface area (Å²) < 4.78 is 13.1. The van der Waals surface area contributed by atoms with Gasteiger partial charge in [-0.2, -0.15) is 0 Å². The van der Waals surface area contributed by atoms with Gasteiger partial charge in [-0.05, 0) is 55.9 Å². The van der Waals surface area contributed by atoms with Gasteiger partial charge in [0.15, 0.2) is 0 Å². The number of benzene rings is 2. The Bertz CT molecular complexity index is 584. The molecule has 1 unspecified atom stereocenters. The van der Waals surface area contributed by atoms with Crippen LogP contribution < -0.4 is 5.32 Å². The van der Waals surface area contributed by atoms with E-state index in [1.807, 2.05) is 12.1 Å². The molecule has 0 amide bonds. The quantitative estimate of drug-likeness (QED) is 0.820. The number of hydrogen-bond donors (Lipinski definition) is 1. The summed E-state index contributed by atoms with van der Waals surface area (Å²) in [6, 6.07) is 16.2. The second-order valence-corrected chi connectivity index (χ2v) is 6.17. The average Bonchev–Trinajstić information content (AvgIpc) is 3.31. The average molecular weight is 283 g/mol. The molecule has 2 heteroatoms. The Hall–Kier alpha value is -1.67. The van der Waals surface area contributed by atoms with Gasteiger partial charge in [0, 0.05) is 12.1 Å². The van der Waals surface area contributed by atoms with E-state index in [1.54, 1.807) is 12.1 Å². The molecule has 1 nitrogen and oxygen atoms in total. The molecular formula is C19H22FN. The molecule has 3 rings (SSSR count). The van der Waals surface area contributed by atoms with Gasteiger partial charge in [-0.1, -0.05) is 42.0 Å². The van der Waals surface area contributed by atoms with Crippen molar-refractivity contribution in [1.29, 1.82) is 0 Å². The van der Waals surface area contributed by atoms with Crippen LogP contribution in [0.5, 0.6) is 0 Å². The summed E-state index contributed by atoms with van der Waals surface area (Å²) in [6.45, 7) is 4.30. The molecule has 2 aromatic carbocycles. The first-order valence-electron chi connectivity index (χ1n) is 7.71. The van der Waals surface area contributed by atoms with Crippen molar-refractivity contribution in [2.75, 3.05) is 0 Å². The van der Waals surface area contributed by atoms with Crippen LogP contribution in [-0.2, 0) is 0 Å². The lowest BCUT2D eigenvalue weighted by Crippen LogP contribution is -2.26. The highest BCUT2D eigenvalue weighted by Crippen LogP contribution is 2.42. The SMILES string of the molecule is Cc1ccc([C@H](C)NC(c2ccc(F)cc2)C2CC2)cc1. The normalized spacial score (nSPS) is 17.5. The van der Waals surface area contributed by atoms with E-state index in [4.69, 9.17) is 0 Å². The summed E-state index contributed by atoms with van der Waals surface area (Å²) in [5.41, 5.74) is 3.77. The van der Waals surface area contributed by atoms with Crippen molar-refractivity contribution in [2.24, 2.45) is 5.92 Å². The predicted molar refractivity (Wildman–Crippen MR) is 84.6 cm³/mol. The lowest BCUT2D eigenvalue weighted by atomic mass is 9.99. The van der Waals surface area contributed by atoms with Crippen molar-refractivity contribution in [3.63, 3.8) is 0 Å². The van der Waals surface area contributed by atoms with E-state index in [0.29, 0.717) is 18.0 Å². The molecule has 0 saturated heterocycles. The molecule has 110 valence electrons. The second-order valence-electron chi connectivity index (χ2n) is 6.17. The monoisotopic (exact) mass is 283 g/mol. The van der Waals surface area contributed by atoms with Crippen LogP contribution >= 0.6 is 0 Å². The maximum absolute atomic E-state index is 13.1. The van der Waals surface area contributed by atoms with E-state index in [9.17, 15) is 4.39 Å². The third-order valence-electron chi connectivity index (χ3n) is 4.33. The van der Waals surface area contributed by atoms with Crippen LogP contribution in [0.15, 0.2) is 48.5 Å². The van der Waals surface area contributed by atoms with Crippen molar-refractivity contribution in [2.45, 2.75) is 38.8 Å². The highest BCUT2D eigenvalue weighted by molar-refractivity contribution is 5.26. The number of halogens is 1. The van der Waals surface area contributed by atoms with Crippen molar-refractivity contribution in [3.8, 4) is 0 Å². The van der Waals surface area contributed by atoms with Crippen LogP contribution in [0.2, 0.25) is 0 Å². The molecule has 1 N–H and O–H groups in total. The van der Waals surface area contributed by atoms with E-state index < -0.39 is 0 Å². The minimum absolute atomic E-state index is 0.167. The van der Waals surface area contributed by atoms with E-state index >= 15 is 0 Å². The first kappa shape index (κ1) is 14.3. The fraction of sp³-hybridized carbons (Fsp3) is 0.368. The summed E-state index contributed by atoms with van der Waals surface area (Å²) in [5.74, 6) is 0.517. The number of hydrogen-bond acceptors (Lipinski definition) is 1. The Kier molecular flexibility index (Phi) is 4.07. The molecule has 2 atom stereocenters. The topological polar surface area (TPSA) is 12.0 Å². The van der Waals surface area contributed by atoms with Crippen molar-refractivity contribution < 1.29 is 4.39 Å². The molecule has 2 aromatic rings. The van der Waals surface area contributed by atoms with Crippen molar-refractivity contribution in [3.05, 3.63) is 71.0 Å². The maximum Gasteiger partial charge on any atom is 0.123 e. The van der Waals surface area contributed by atoms with Crippen LogP contribution in [0.25, 0.3) is 0 Å². The van der Waals surface area contributed by atoms with E-state index in [0.717, 1.165) is 0 Å². The summed E-state index contributed by atoms with van der Waals surface area (Å²) in [6.07, 6.45) is 2.52. The Morgan fingerprint density at radius 3 is 2.10 bits per heavy atom. The molecule has 0 bridgehead atoms. The number of nitrogens with one attached hydrogen (secondary N) is 1. The third kappa shape index (κ3) is 3.51. The summed E-state index contributed by atoms with van der Waals surface area (Å²) >= 11 is 0. The first-order chi connectivity index (χ1) is 10.1. The lowest BCUT2D eigenvalue weighted by Gasteiger charge is -2.24. The summed E-state index contributed by atoms with van der Waals surface area (Å²) in [5, 5.41) is 3.73. The Morgan fingerprint density at radius 1 is 0.952 bits per heavy atom. The number of aryl methyl sites for hydroxylation is 1. The molecule has 21 heavy (non-hydrogen) atoms. The molecule has 0 heterocycles. The Morgan fingerprint density at radius 2 is 1.52 bits per heavy atom. The van der Waals surface area contributed by atoms with E-state index in [1.165, 1.54) is 29.5 Å². The van der Waals surface area contributed by atoms with Crippen LogP contribution in [0.3, 0.4) is 0 Å². The van der Waals surface area contributed by atoms with Gasteiger partial charge in [0.2, 0.25) is 0 Å².